The van der Waals surface area contributed by atoms with Crippen molar-refractivity contribution < 1.29 is 33.3 Å². The van der Waals surface area contributed by atoms with Gasteiger partial charge in [0.2, 0.25) is 11.7 Å². The van der Waals surface area contributed by atoms with E-state index in [1.807, 2.05) is 36.4 Å². The Kier molecular flexibility index (Phi) is 9.98. The van der Waals surface area contributed by atoms with E-state index < -0.39 is 58.6 Å². The third kappa shape index (κ3) is 8.76. The normalized spacial score (nSPS) is 11.8. The van der Waals surface area contributed by atoms with Crippen molar-refractivity contribution in [2.45, 2.75) is 38.8 Å². The molecule has 14 nitrogen and oxygen atoms in total. The van der Waals surface area contributed by atoms with Crippen LogP contribution < -0.4 is 21.9 Å². The summed E-state index contributed by atoms with van der Waals surface area (Å²) in [4.78, 5) is 62.3. The summed E-state index contributed by atoms with van der Waals surface area (Å²) >= 11 is 0. The van der Waals surface area contributed by atoms with E-state index in [-0.39, 0.29) is 19.5 Å². The summed E-state index contributed by atoms with van der Waals surface area (Å²) in [6.07, 6.45) is -0.711. The maximum atomic E-state index is 13.2. The molecule has 1 heterocycles. The van der Waals surface area contributed by atoms with E-state index in [9.17, 15) is 29.3 Å². The van der Waals surface area contributed by atoms with Gasteiger partial charge in [-0.15, -0.1) is 0 Å². The Balaban J connectivity index is 1.78. The van der Waals surface area contributed by atoms with Crippen molar-refractivity contribution in [3.8, 4) is 0 Å². The lowest BCUT2D eigenvalue weighted by atomic mass is 9.98. The smallest absolute Gasteiger partial charge is 0.433 e. The van der Waals surface area contributed by atoms with Crippen LogP contribution in [-0.2, 0) is 20.7 Å². The number of amides is 4. The van der Waals surface area contributed by atoms with Crippen LogP contribution in [0.4, 0.5) is 10.7 Å². The number of nitrogens with one attached hydrogen (secondary N) is 3. The highest BCUT2D eigenvalue weighted by atomic mass is 16.6. The molecule has 3 aromatic rings. The quantitative estimate of drug-likeness (QED) is 0.209. The van der Waals surface area contributed by atoms with Gasteiger partial charge >= 0.3 is 17.9 Å². The highest BCUT2D eigenvalue weighted by Crippen LogP contribution is 2.20. The van der Waals surface area contributed by atoms with Crippen molar-refractivity contribution in [3.63, 3.8) is 0 Å². The predicted octanol–water partition coefficient (Wildman–Crippen LogP) is 2.03. The van der Waals surface area contributed by atoms with Gasteiger partial charge in [-0.2, -0.15) is 0 Å². The zero-order chi connectivity index (χ0) is 30.2. The van der Waals surface area contributed by atoms with Gasteiger partial charge in [-0.25, -0.2) is 4.79 Å². The number of hydrogen-bond acceptors (Lipinski definition) is 9. The molecule has 0 saturated heterocycles. The van der Waals surface area contributed by atoms with E-state index in [1.165, 1.54) is 0 Å². The molecule has 1 unspecified atom stereocenters. The maximum Gasteiger partial charge on any atom is 0.433 e. The Labute approximate surface area is 235 Å². The first-order valence-corrected chi connectivity index (χ1v) is 12.7. The van der Waals surface area contributed by atoms with Gasteiger partial charge in [0.05, 0.1) is 6.07 Å². The molecule has 0 saturated carbocycles. The van der Waals surface area contributed by atoms with Crippen molar-refractivity contribution in [3.05, 3.63) is 76.0 Å². The predicted molar refractivity (Wildman–Crippen MR) is 147 cm³/mol. The molecule has 4 amide bonds. The average Bonchev–Trinajstić information content (AvgIpc) is 3.41. The number of nitro groups is 1. The van der Waals surface area contributed by atoms with Crippen molar-refractivity contribution >= 4 is 40.5 Å². The number of hydrogen-bond donors (Lipinski definition) is 4. The molecule has 218 valence electrons. The summed E-state index contributed by atoms with van der Waals surface area (Å²) in [7, 11) is 0. The fourth-order valence-corrected chi connectivity index (χ4v) is 3.85. The number of carbonyl (C=O) groups is 4. The van der Waals surface area contributed by atoms with Crippen LogP contribution >= 0.6 is 0 Å². The molecular formula is C27H32N6O8. The first-order valence-electron chi connectivity index (χ1n) is 12.7. The number of ether oxygens (including phenoxy) is 1. The average molecular weight is 569 g/mol. The molecule has 0 spiro atoms. The zero-order valence-electron chi connectivity index (χ0n) is 22.8. The van der Waals surface area contributed by atoms with Gasteiger partial charge < -0.3 is 20.2 Å². The molecule has 0 aliphatic rings. The Morgan fingerprint density at radius 2 is 1.76 bits per heavy atom. The minimum absolute atomic E-state index is 0.0321. The summed E-state index contributed by atoms with van der Waals surface area (Å²) in [5.41, 5.74) is 9.89. The fourth-order valence-electron chi connectivity index (χ4n) is 3.85. The molecule has 0 aliphatic heterocycles. The highest BCUT2D eigenvalue weighted by Gasteiger charge is 2.27. The Morgan fingerprint density at radius 1 is 1.05 bits per heavy atom. The highest BCUT2D eigenvalue weighted by molar-refractivity contribution is 5.95. The van der Waals surface area contributed by atoms with Crippen molar-refractivity contribution in [1.82, 2.24) is 21.1 Å². The first kappa shape index (κ1) is 30.6. The van der Waals surface area contributed by atoms with E-state index >= 15 is 0 Å². The third-order valence-corrected chi connectivity index (χ3v) is 5.64. The molecule has 14 heteroatoms. The molecule has 1 aromatic heterocycles. The standard InChI is InChI=1S/C27H32N6O8/c1-27(2,3)41-26(37)32(14-13-28)16-22(34)29-20(15-18-9-6-8-17-7-4-5-10-19(17)18)24(35)30-31-25(36)21-11-12-23(40-21)33(38)39/h4-12,20H,13-16,28H2,1-3H3,(H,29,34)(H,30,35)(H,31,36). The SMILES string of the molecule is CC(C)(C)OC(=O)N(CCN)CC(=O)NC(Cc1cccc2ccccc12)C(=O)NNC(=O)c1ccc([N+](=O)[O-])o1. The molecule has 1 atom stereocenters. The van der Waals surface area contributed by atoms with Crippen LogP contribution in [0.15, 0.2) is 59.0 Å². The second kappa shape index (κ2) is 13.4. The largest absolute Gasteiger partial charge is 0.444 e. The number of rotatable bonds is 10. The number of nitrogens with two attached hydrogens (primary N) is 1. The van der Waals surface area contributed by atoms with Gasteiger partial charge in [0, 0.05) is 19.5 Å². The number of benzene rings is 2. The van der Waals surface area contributed by atoms with Crippen molar-refractivity contribution in [2.24, 2.45) is 5.73 Å². The fraction of sp³-hybridized carbons (Fsp3) is 0.333. The lowest BCUT2D eigenvalue weighted by molar-refractivity contribution is -0.402. The van der Waals surface area contributed by atoms with Crippen LogP contribution in [0.25, 0.3) is 10.8 Å². The first-order chi connectivity index (χ1) is 19.4. The van der Waals surface area contributed by atoms with Crippen LogP contribution in [-0.4, -0.2) is 64.9 Å². The van der Waals surface area contributed by atoms with Crippen LogP contribution in [0.5, 0.6) is 0 Å². The lowest BCUT2D eigenvalue weighted by Gasteiger charge is -2.27. The summed E-state index contributed by atoms with van der Waals surface area (Å²) in [5.74, 6) is -3.45. The van der Waals surface area contributed by atoms with Crippen LogP contribution in [0, 0.1) is 10.1 Å². The van der Waals surface area contributed by atoms with Crippen molar-refractivity contribution in [2.75, 3.05) is 19.6 Å². The summed E-state index contributed by atoms with van der Waals surface area (Å²) in [5, 5.41) is 15.2. The number of carbonyl (C=O) groups excluding carboxylic acids is 4. The van der Waals surface area contributed by atoms with Crippen LogP contribution in [0.2, 0.25) is 0 Å². The number of fused-ring (bicyclic) bond motifs is 1. The number of furan rings is 1. The van der Waals surface area contributed by atoms with Gasteiger partial charge in [0.15, 0.2) is 0 Å². The van der Waals surface area contributed by atoms with Gasteiger partial charge in [-0.05, 0) is 43.2 Å². The monoisotopic (exact) mass is 568 g/mol. The topological polar surface area (TPSA) is 199 Å². The Morgan fingerprint density at radius 3 is 2.41 bits per heavy atom. The van der Waals surface area contributed by atoms with E-state index in [4.69, 9.17) is 14.9 Å². The molecule has 0 aliphatic carbocycles. The van der Waals surface area contributed by atoms with Gasteiger partial charge in [0.25, 0.3) is 5.91 Å². The van der Waals surface area contributed by atoms with Crippen LogP contribution in [0.3, 0.4) is 0 Å². The van der Waals surface area contributed by atoms with E-state index in [0.717, 1.165) is 33.4 Å². The second-order valence-electron chi connectivity index (χ2n) is 9.99. The Hall–Kier alpha value is -4.98. The van der Waals surface area contributed by atoms with Crippen LogP contribution in [0.1, 0.15) is 36.9 Å². The van der Waals surface area contributed by atoms with E-state index in [2.05, 4.69) is 16.2 Å². The van der Waals surface area contributed by atoms with Gasteiger partial charge in [0.1, 0.15) is 23.1 Å². The maximum absolute atomic E-state index is 13.2. The Bertz CT molecular complexity index is 1430. The molecule has 3 rings (SSSR count). The van der Waals surface area contributed by atoms with Crippen molar-refractivity contribution in [1.29, 1.82) is 0 Å². The summed E-state index contributed by atoms with van der Waals surface area (Å²) in [6, 6.07) is 13.9. The van der Waals surface area contributed by atoms with E-state index in [0.29, 0.717) is 0 Å². The minimum atomic E-state index is -1.20. The zero-order valence-corrected chi connectivity index (χ0v) is 22.8. The summed E-state index contributed by atoms with van der Waals surface area (Å²) < 4.78 is 10.2. The summed E-state index contributed by atoms with van der Waals surface area (Å²) in [6.45, 7) is 4.73. The number of hydrazine groups is 1. The third-order valence-electron chi connectivity index (χ3n) is 5.64. The minimum Gasteiger partial charge on any atom is -0.444 e. The molecular weight excluding hydrogens is 536 g/mol. The molecule has 0 bridgehead atoms. The second-order valence-corrected chi connectivity index (χ2v) is 9.99. The molecule has 41 heavy (non-hydrogen) atoms. The van der Waals surface area contributed by atoms with Gasteiger partial charge in [-0.1, -0.05) is 42.5 Å². The van der Waals surface area contributed by atoms with Gasteiger partial charge in [-0.3, -0.25) is 40.2 Å². The molecule has 2 aromatic carbocycles. The number of nitrogens with zero attached hydrogens (tertiary/aromatic N) is 2. The lowest BCUT2D eigenvalue weighted by Crippen LogP contribution is -2.55. The van der Waals surface area contributed by atoms with E-state index in [1.54, 1.807) is 26.8 Å². The molecule has 0 fully saturated rings. The molecule has 0 radical (unpaired) electrons. The molecule has 5 N–H and O–H groups in total.